The molecule has 4 heteroatoms. The predicted molar refractivity (Wildman–Crippen MR) is 108 cm³/mol. The maximum atomic E-state index is 12.7. The van der Waals surface area contributed by atoms with E-state index in [1.807, 2.05) is 61.5 Å². The first-order valence-corrected chi connectivity index (χ1v) is 9.39. The second-order valence-electron chi connectivity index (χ2n) is 6.73. The molecule has 0 saturated heterocycles. The Bertz CT molecular complexity index is 824. The first kappa shape index (κ1) is 18.9. The van der Waals surface area contributed by atoms with Crippen molar-refractivity contribution in [2.24, 2.45) is 5.92 Å². The van der Waals surface area contributed by atoms with E-state index >= 15 is 0 Å². The van der Waals surface area contributed by atoms with Gasteiger partial charge in [-0.1, -0.05) is 36.4 Å². The summed E-state index contributed by atoms with van der Waals surface area (Å²) in [5.41, 5.74) is 3.86. The van der Waals surface area contributed by atoms with Gasteiger partial charge in [0.2, 0.25) is 0 Å². The van der Waals surface area contributed by atoms with E-state index in [9.17, 15) is 9.59 Å². The number of amides is 1. The first-order chi connectivity index (χ1) is 13.1. The minimum absolute atomic E-state index is 0.0333. The quantitative estimate of drug-likeness (QED) is 0.723. The lowest BCUT2D eigenvalue weighted by Gasteiger charge is -2.21. The van der Waals surface area contributed by atoms with E-state index in [0.717, 1.165) is 24.1 Å². The fourth-order valence-electron chi connectivity index (χ4n) is 3.36. The van der Waals surface area contributed by atoms with Gasteiger partial charge in [0.25, 0.3) is 5.91 Å². The van der Waals surface area contributed by atoms with Crippen LogP contribution in [0.4, 0.5) is 5.69 Å². The van der Waals surface area contributed by atoms with E-state index in [1.165, 1.54) is 5.57 Å². The van der Waals surface area contributed by atoms with Crippen molar-refractivity contribution in [3.05, 3.63) is 71.8 Å². The highest BCUT2D eigenvalue weighted by molar-refractivity contribution is 6.05. The van der Waals surface area contributed by atoms with E-state index in [-0.39, 0.29) is 17.8 Å². The second-order valence-corrected chi connectivity index (χ2v) is 6.73. The molecule has 1 atom stereocenters. The van der Waals surface area contributed by atoms with Crippen molar-refractivity contribution in [2.45, 2.75) is 26.2 Å². The normalized spacial score (nSPS) is 16.4. The first-order valence-electron chi connectivity index (χ1n) is 9.39. The lowest BCUT2D eigenvalue weighted by Crippen LogP contribution is -2.26. The number of hydrogen-bond donors (Lipinski definition) is 0. The standard InChI is InChI=1S/C23H25NO3/c1-3-27-23(26)20-15-11-18(12-16-20)17-9-13-19(14-10-17)22(25)24(2)21-7-5-4-6-8-21/h4-11,13-14,20H,3,12,15-16H2,1-2H3. The zero-order valence-corrected chi connectivity index (χ0v) is 15.9. The summed E-state index contributed by atoms with van der Waals surface area (Å²) in [6.07, 6.45) is 4.49. The number of allylic oxidation sites excluding steroid dienone is 2. The lowest BCUT2D eigenvalue weighted by molar-refractivity contribution is -0.148. The van der Waals surface area contributed by atoms with Gasteiger partial charge in [0.1, 0.15) is 0 Å². The van der Waals surface area contributed by atoms with Gasteiger partial charge < -0.3 is 9.64 Å². The Labute approximate surface area is 160 Å². The largest absolute Gasteiger partial charge is 0.466 e. The summed E-state index contributed by atoms with van der Waals surface area (Å²) in [6, 6.07) is 17.3. The molecule has 1 amide bonds. The number of carbonyl (C=O) groups excluding carboxylic acids is 2. The Morgan fingerprint density at radius 2 is 1.78 bits per heavy atom. The van der Waals surface area contributed by atoms with Crippen molar-refractivity contribution in [3.63, 3.8) is 0 Å². The van der Waals surface area contributed by atoms with Gasteiger partial charge in [-0.25, -0.2) is 0 Å². The Morgan fingerprint density at radius 3 is 2.37 bits per heavy atom. The molecule has 0 radical (unpaired) electrons. The van der Waals surface area contributed by atoms with Gasteiger partial charge in [-0.05, 0) is 61.6 Å². The number of esters is 1. The topological polar surface area (TPSA) is 46.6 Å². The number of carbonyl (C=O) groups is 2. The molecule has 0 aromatic heterocycles. The van der Waals surface area contributed by atoms with Gasteiger partial charge in [-0.3, -0.25) is 9.59 Å². The molecule has 1 aliphatic carbocycles. The summed E-state index contributed by atoms with van der Waals surface area (Å²) < 4.78 is 5.11. The predicted octanol–water partition coefficient (Wildman–Crippen LogP) is 4.71. The van der Waals surface area contributed by atoms with Gasteiger partial charge in [-0.15, -0.1) is 0 Å². The van der Waals surface area contributed by atoms with E-state index < -0.39 is 0 Å². The third-order valence-corrected chi connectivity index (χ3v) is 4.98. The average molecular weight is 363 g/mol. The highest BCUT2D eigenvalue weighted by Gasteiger charge is 2.23. The number of benzene rings is 2. The van der Waals surface area contributed by atoms with E-state index in [0.29, 0.717) is 18.6 Å². The summed E-state index contributed by atoms with van der Waals surface area (Å²) in [7, 11) is 1.78. The number of ether oxygens (including phenoxy) is 1. The van der Waals surface area contributed by atoms with Crippen LogP contribution in [-0.2, 0) is 9.53 Å². The summed E-state index contributed by atoms with van der Waals surface area (Å²) in [5, 5.41) is 0. The third kappa shape index (κ3) is 4.45. The second kappa shape index (κ2) is 8.67. The SMILES string of the molecule is CCOC(=O)C1CC=C(c2ccc(C(=O)N(C)c3ccccc3)cc2)CC1. The molecule has 0 fully saturated rings. The minimum atomic E-state index is -0.0994. The molecule has 4 nitrogen and oxygen atoms in total. The molecular formula is C23H25NO3. The number of hydrogen-bond acceptors (Lipinski definition) is 3. The van der Waals surface area contributed by atoms with Crippen molar-refractivity contribution in [2.75, 3.05) is 18.6 Å². The third-order valence-electron chi connectivity index (χ3n) is 4.98. The maximum Gasteiger partial charge on any atom is 0.309 e. The smallest absolute Gasteiger partial charge is 0.309 e. The maximum absolute atomic E-state index is 12.7. The molecule has 1 aliphatic rings. The van der Waals surface area contributed by atoms with Crippen LogP contribution in [0.1, 0.15) is 42.1 Å². The van der Waals surface area contributed by atoms with Gasteiger partial charge in [0.05, 0.1) is 12.5 Å². The van der Waals surface area contributed by atoms with E-state index in [2.05, 4.69) is 6.08 Å². The average Bonchev–Trinajstić information content (AvgIpc) is 2.74. The monoisotopic (exact) mass is 363 g/mol. The van der Waals surface area contributed by atoms with E-state index in [4.69, 9.17) is 4.74 Å². The highest BCUT2D eigenvalue weighted by atomic mass is 16.5. The van der Waals surface area contributed by atoms with Crippen molar-refractivity contribution in [1.29, 1.82) is 0 Å². The van der Waals surface area contributed by atoms with Crippen molar-refractivity contribution in [1.82, 2.24) is 0 Å². The zero-order valence-electron chi connectivity index (χ0n) is 15.9. The molecule has 0 heterocycles. The van der Waals surface area contributed by atoms with Gasteiger partial charge in [0.15, 0.2) is 0 Å². The number of rotatable bonds is 5. The molecule has 0 N–H and O–H groups in total. The highest BCUT2D eigenvalue weighted by Crippen LogP contribution is 2.31. The molecule has 2 aromatic carbocycles. The Hall–Kier alpha value is -2.88. The summed E-state index contributed by atoms with van der Waals surface area (Å²) in [5.74, 6) is -0.167. The molecule has 2 aromatic rings. The van der Waals surface area contributed by atoms with Crippen LogP contribution in [0.2, 0.25) is 0 Å². The molecule has 0 bridgehead atoms. The Balaban J connectivity index is 1.67. The molecule has 0 saturated carbocycles. The Kier molecular flexibility index (Phi) is 6.07. The molecule has 1 unspecified atom stereocenters. The van der Waals surface area contributed by atoms with Crippen molar-refractivity contribution < 1.29 is 14.3 Å². The van der Waals surface area contributed by atoms with Crippen LogP contribution in [0.5, 0.6) is 0 Å². The Morgan fingerprint density at radius 1 is 1.07 bits per heavy atom. The number of nitrogens with zero attached hydrogens (tertiary/aromatic N) is 1. The van der Waals surface area contributed by atoms with Crippen LogP contribution < -0.4 is 4.90 Å². The molecule has 140 valence electrons. The van der Waals surface area contributed by atoms with Gasteiger partial charge in [-0.2, -0.15) is 0 Å². The van der Waals surface area contributed by atoms with Crippen LogP contribution in [0.25, 0.3) is 5.57 Å². The summed E-state index contributed by atoms with van der Waals surface area (Å²) >= 11 is 0. The molecule has 3 rings (SSSR count). The molecule has 0 spiro atoms. The lowest BCUT2D eigenvalue weighted by atomic mass is 9.86. The van der Waals surface area contributed by atoms with E-state index in [1.54, 1.807) is 11.9 Å². The van der Waals surface area contributed by atoms with Crippen LogP contribution in [0.15, 0.2) is 60.7 Å². The van der Waals surface area contributed by atoms with Crippen LogP contribution >= 0.6 is 0 Å². The summed E-state index contributed by atoms with van der Waals surface area (Å²) in [4.78, 5) is 26.2. The van der Waals surface area contributed by atoms with Gasteiger partial charge >= 0.3 is 5.97 Å². The number of para-hydroxylation sites is 1. The van der Waals surface area contributed by atoms with Crippen molar-refractivity contribution >= 4 is 23.1 Å². The minimum Gasteiger partial charge on any atom is -0.466 e. The molecular weight excluding hydrogens is 338 g/mol. The molecule has 27 heavy (non-hydrogen) atoms. The molecule has 0 aliphatic heterocycles. The van der Waals surface area contributed by atoms with Crippen LogP contribution in [0, 0.1) is 5.92 Å². The fraction of sp³-hybridized carbons (Fsp3) is 0.304. The number of anilines is 1. The van der Waals surface area contributed by atoms with Gasteiger partial charge in [0, 0.05) is 18.3 Å². The van der Waals surface area contributed by atoms with Crippen LogP contribution in [0.3, 0.4) is 0 Å². The summed E-state index contributed by atoms with van der Waals surface area (Å²) in [6.45, 7) is 2.26. The van der Waals surface area contributed by atoms with Crippen LogP contribution in [-0.4, -0.2) is 25.5 Å². The fourth-order valence-corrected chi connectivity index (χ4v) is 3.36. The zero-order chi connectivity index (χ0) is 19.2. The van der Waals surface area contributed by atoms with Crippen molar-refractivity contribution in [3.8, 4) is 0 Å².